The van der Waals surface area contributed by atoms with Crippen molar-refractivity contribution in [1.29, 1.82) is 0 Å². The molecule has 0 unspecified atom stereocenters. The van der Waals surface area contributed by atoms with Crippen LogP contribution >= 0.6 is 0 Å². The molecule has 15 nitrogen and oxygen atoms in total. The van der Waals surface area contributed by atoms with E-state index in [1.54, 1.807) is 0 Å². The molecule has 0 bridgehead atoms. The highest BCUT2D eigenvalue weighted by atomic mass is 16.7. The Kier molecular flexibility index (Phi) is 19.6. The second-order valence-electron chi connectivity index (χ2n) is 12.0. The Morgan fingerprint density at radius 2 is 1.11 bits per heavy atom. The van der Waals surface area contributed by atoms with E-state index in [2.05, 4.69) is 13.8 Å². The van der Waals surface area contributed by atoms with Gasteiger partial charge in [-0.3, -0.25) is 9.59 Å². The van der Waals surface area contributed by atoms with Gasteiger partial charge in [0.15, 0.2) is 18.7 Å². The fourth-order valence-electron chi connectivity index (χ4n) is 5.15. The maximum absolute atomic E-state index is 12.6. The number of esters is 2. The summed E-state index contributed by atoms with van der Waals surface area (Å²) in [6, 6.07) is 0. The van der Waals surface area contributed by atoms with Crippen LogP contribution in [0.5, 0.6) is 0 Å². The van der Waals surface area contributed by atoms with E-state index in [1.165, 1.54) is 0 Å². The van der Waals surface area contributed by atoms with Gasteiger partial charge in [0.25, 0.3) is 0 Å². The molecule has 2 fully saturated rings. The summed E-state index contributed by atoms with van der Waals surface area (Å²) in [6.45, 7) is 2.30. The van der Waals surface area contributed by atoms with Crippen LogP contribution in [0.4, 0.5) is 0 Å². The summed E-state index contributed by atoms with van der Waals surface area (Å²) in [5.41, 5.74) is 0. The van der Waals surface area contributed by atoms with Crippen LogP contribution in [-0.2, 0) is 38.0 Å². The van der Waals surface area contributed by atoms with Gasteiger partial charge in [0.1, 0.15) is 55.4 Å². The zero-order valence-electron chi connectivity index (χ0n) is 27.1. The Hall–Kier alpha value is -1.50. The number of rotatable bonds is 22. The van der Waals surface area contributed by atoms with Crippen molar-refractivity contribution in [2.75, 3.05) is 26.4 Å². The van der Waals surface area contributed by atoms with Crippen LogP contribution in [0, 0.1) is 0 Å². The topological polar surface area (TPSA) is 231 Å². The summed E-state index contributed by atoms with van der Waals surface area (Å²) in [6.07, 6.45) is -6.99. The molecule has 0 aromatic rings. The van der Waals surface area contributed by atoms with Gasteiger partial charge in [-0.1, -0.05) is 65.2 Å². The predicted molar refractivity (Wildman–Crippen MR) is 160 cm³/mol. The first-order valence-electron chi connectivity index (χ1n) is 16.6. The average Bonchev–Trinajstić information content (AvgIpc) is 3.04. The van der Waals surface area contributed by atoms with Crippen molar-refractivity contribution in [2.24, 2.45) is 0 Å². The number of aliphatic hydroxyl groups is 7. The molecule has 0 amide bonds. The lowest BCUT2D eigenvalue weighted by molar-refractivity contribution is -0.332. The third-order valence-electron chi connectivity index (χ3n) is 8.09. The first-order chi connectivity index (χ1) is 22.0. The van der Waals surface area contributed by atoms with Gasteiger partial charge in [0, 0.05) is 12.8 Å². The molecule has 2 saturated heterocycles. The van der Waals surface area contributed by atoms with Gasteiger partial charge in [-0.15, -0.1) is 0 Å². The molecular weight excluding hydrogens is 612 g/mol. The van der Waals surface area contributed by atoms with Crippen molar-refractivity contribution in [3.63, 3.8) is 0 Å². The fourth-order valence-corrected chi connectivity index (χ4v) is 5.15. The number of hydrogen-bond acceptors (Lipinski definition) is 15. The maximum atomic E-state index is 12.6. The van der Waals surface area contributed by atoms with Crippen LogP contribution in [0.15, 0.2) is 0 Å². The van der Waals surface area contributed by atoms with Gasteiger partial charge in [-0.05, 0) is 12.8 Å². The van der Waals surface area contributed by atoms with E-state index in [0.717, 1.165) is 51.4 Å². The minimum Gasteiger partial charge on any atom is -0.462 e. The number of unbranched alkanes of at least 4 members (excludes halogenated alkanes) is 8. The van der Waals surface area contributed by atoms with E-state index >= 15 is 0 Å². The van der Waals surface area contributed by atoms with Crippen LogP contribution in [0.25, 0.3) is 0 Å². The molecule has 0 saturated carbocycles. The third kappa shape index (κ3) is 13.5. The lowest BCUT2D eigenvalue weighted by Crippen LogP contribution is -2.61. The molecule has 2 rings (SSSR count). The van der Waals surface area contributed by atoms with Crippen LogP contribution in [0.1, 0.15) is 90.9 Å². The van der Waals surface area contributed by atoms with Gasteiger partial charge in [-0.25, -0.2) is 0 Å². The van der Waals surface area contributed by atoms with E-state index in [0.29, 0.717) is 12.8 Å². The average molecular weight is 669 g/mol. The smallest absolute Gasteiger partial charge is 0.306 e. The summed E-state index contributed by atoms with van der Waals surface area (Å²) in [5, 5.41) is 71.0. The molecule has 15 heteroatoms. The summed E-state index contributed by atoms with van der Waals surface area (Å²) in [7, 11) is 0. The molecule has 0 aromatic carbocycles. The van der Waals surface area contributed by atoms with Crippen LogP contribution < -0.4 is 0 Å². The molecular formula is C31H56O15. The first kappa shape index (κ1) is 40.7. The van der Waals surface area contributed by atoms with Gasteiger partial charge in [-0.2, -0.15) is 0 Å². The Morgan fingerprint density at radius 3 is 1.72 bits per heavy atom. The standard InChI is InChI=1S/C31H56O15/c1-3-5-7-9-10-12-14-23(34)44-19(16-41-22(33)13-11-8-6-4-2)17-42-30-29(40)27(38)25(36)21(46-30)18-43-31-28(39)26(37)24(35)20(15-32)45-31/h19-21,24-32,35-40H,3-18H2,1-2H3/t19-,20-,21-,24+,25+,26+,27+,28-,29-,30-,31+/m1/s1. The fraction of sp³-hybridized carbons (Fsp3) is 0.935. The molecule has 0 aliphatic carbocycles. The van der Waals surface area contributed by atoms with E-state index < -0.39 is 92.7 Å². The van der Waals surface area contributed by atoms with E-state index in [9.17, 15) is 45.3 Å². The minimum absolute atomic E-state index is 0.165. The second kappa shape index (κ2) is 22.2. The molecule has 0 spiro atoms. The molecule has 2 aliphatic rings. The molecule has 2 aliphatic heterocycles. The summed E-state index contributed by atoms with van der Waals surface area (Å²) in [4.78, 5) is 24.8. The largest absolute Gasteiger partial charge is 0.462 e. The quantitative estimate of drug-likeness (QED) is 0.0585. The maximum Gasteiger partial charge on any atom is 0.306 e. The molecule has 11 atom stereocenters. The highest BCUT2D eigenvalue weighted by molar-refractivity contribution is 5.70. The lowest BCUT2D eigenvalue weighted by atomic mass is 9.98. The number of ether oxygens (including phenoxy) is 6. The van der Waals surface area contributed by atoms with Crippen molar-refractivity contribution >= 4 is 11.9 Å². The Labute approximate surface area is 270 Å². The Balaban J connectivity index is 1.97. The Morgan fingerprint density at radius 1 is 0.609 bits per heavy atom. The molecule has 0 radical (unpaired) electrons. The number of aliphatic hydroxyl groups excluding tert-OH is 7. The predicted octanol–water partition coefficient (Wildman–Crippen LogP) is -0.197. The van der Waals surface area contributed by atoms with E-state index in [-0.39, 0.29) is 26.1 Å². The monoisotopic (exact) mass is 668 g/mol. The van der Waals surface area contributed by atoms with Crippen LogP contribution in [0.3, 0.4) is 0 Å². The number of carbonyl (C=O) groups excluding carboxylic acids is 2. The highest BCUT2D eigenvalue weighted by Crippen LogP contribution is 2.26. The minimum atomic E-state index is -1.75. The van der Waals surface area contributed by atoms with Gasteiger partial charge in [0.2, 0.25) is 0 Å². The van der Waals surface area contributed by atoms with Crippen molar-refractivity contribution in [1.82, 2.24) is 0 Å². The molecule has 0 aromatic heterocycles. The van der Waals surface area contributed by atoms with Gasteiger partial charge < -0.3 is 64.2 Å². The Bertz CT molecular complexity index is 845. The molecule has 2 heterocycles. The number of carbonyl (C=O) groups is 2. The van der Waals surface area contributed by atoms with Crippen molar-refractivity contribution < 1.29 is 73.8 Å². The molecule has 270 valence electrons. The van der Waals surface area contributed by atoms with E-state index in [1.807, 2.05) is 0 Å². The normalized spacial score (nSPS) is 32.2. The summed E-state index contributed by atoms with van der Waals surface area (Å²) >= 11 is 0. The van der Waals surface area contributed by atoms with Crippen molar-refractivity contribution in [3.8, 4) is 0 Å². The van der Waals surface area contributed by atoms with Crippen LogP contribution in [-0.4, -0.2) is 142 Å². The van der Waals surface area contributed by atoms with Crippen molar-refractivity contribution in [2.45, 2.75) is 158 Å². The first-order valence-corrected chi connectivity index (χ1v) is 16.6. The SMILES string of the molecule is CCCCCCCCC(=O)O[C@H](COC(=O)CCCCCC)CO[C@@H]1O[C@H](CO[C@H]2O[C@H](CO)[C@H](O)[C@H](O)[C@H]2O)[C@H](O)[C@H](O)[C@H]1O. The lowest BCUT2D eigenvalue weighted by Gasteiger charge is -2.42. The molecule has 46 heavy (non-hydrogen) atoms. The van der Waals surface area contributed by atoms with Gasteiger partial charge >= 0.3 is 11.9 Å². The number of hydrogen-bond donors (Lipinski definition) is 7. The zero-order chi connectivity index (χ0) is 34.1. The third-order valence-corrected chi connectivity index (χ3v) is 8.09. The van der Waals surface area contributed by atoms with Gasteiger partial charge in [0.05, 0.1) is 19.8 Å². The summed E-state index contributed by atoms with van der Waals surface area (Å²) < 4.78 is 32.8. The summed E-state index contributed by atoms with van der Waals surface area (Å²) in [5.74, 6) is -0.958. The zero-order valence-corrected chi connectivity index (χ0v) is 27.1. The van der Waals surface area contributed by atoms with Crippen molar-refractivity contribution in [3.05, 3.63) is 0 Å². The van der Waals surface area contributed by atoms with Crippen LogP contribution in [0.2, 0.25) is 0 Å². The molecule has 7 N–H and O–H groups in total. The van der Waals surface area contributed by atoms with E-state index in [4.69, 9.17) is 28.4 Å². The highest BCUT2D eigenvalue weighted by Gasteiger charge is 2.47. The second-order valence-corrected chi connectivity index (χ2v) is 12.0.